The van der Waals surface area contributed by atoms with Gasteiger partial charge in [0.05, 0.1) is 6.54 Å². The lowest BCUT2D eigenvalue weighted by atomic mass is 10.1. The lowest BCUT2D eigenvalue weighted by Crippen LogP contribution is -2.53. The molecule has 2 N–H and O–H groups in total. The molecule has 0 saturated carbocycles. The molecule has 0 atom stereocenters. The van der Waals surface area contributed by atoms with Gasteiger partial charge in [-0.15, -0.1) is 0 Å². The van der Waals surface area contributed by atoms with Gasteiger partial charge in [0.1, 0.15) is 17.4 Å². The van der Waals surface area contributed by atoms with Gasteiger partial charge in [0.15, 0.2) is 0 Å². The molecular formula is C14H16FN3O2S. The number of nitrogens with zero attached hydrogens (tertiary/aromatic N) is 2. The van der Waals surface area contributed by atoms with Crippen LogP contribution in [0.25, 0.3) is 0 Å². The van der Waals surface area contributed by atoms with Gasteiger partial charge in [-0.05, 0) is 30.7 Å². The Morgan fingerprint density at radius 1 is 1.24 bits per heavy atom. The molecule has 0 spiro atoms. The quantitative estimate of drug-likeness (QED) is 0.829. The third-order valence-electron chi connectivity index (χ3n) is 3.35. The van der Waals surface area contributed by atoms with E-state index in [1.54, 1.807) is 6.07 Å². The number of amides is 2. The molecule has 1 aliphatic heterocycles. The maximum absolute atomic E-state index is 13.5. The summed E-state index contributed by atoms with van der Waals surface area (Å²) in [6, 6.07) is 4.19. The molecule has 7 heteroatoms. The standard InChI is InChI=1S/C14H16FN3O2S/c1-2-17-7-13(20)18(8-12(17)19)6-9-3-10(14(16)21)5-11(15)4-9/h3-5H,2,6-8H2,1H3,(H2,16,21). The first-order valence-electron chi connectivity index (χ1n) is 6.55. The topological polar surface area (TPSA) is 66.6 Å². The smallest absolute Gasteiger partial charge is 0.242 e. The highest BCUT2D eigenvalue weighted by Crippen LogP contribution is 2.14. The number of hydrogen-bond donors (Lipinski definition) is 1. The molecule has 1 aromatic rings. The van der Waals surface area contributed by atoms with Gasteiger partial charge in [-0.25, -0.2) is 4.39 Å². The van der Waals surface area contributed by atoms with Crippen LogP contribution in [-0.2, 0) is 16.1 Å². The zero-order valence-corrected chi connectivity index (χ0v) is 12.5. The minimum atomic E-state index is -0.471. The monoisotopic (exact) mass is 309 g/mol. The molecule has 1 fully saturated rings. The molecule has 112 valence electrons. The second kappa shape index (κ2) is 6.17. The Balaban J connectivity index is 2.17. The highest BCUT2D eigenvalue weighted by Gasteiger charge is 2.28. The van der Waals surface area contributed by atoms with Gasteiger partial charge in [-0.2, -0.15) is 0 Å². The molecule has 0 unspecified atom stereocenters. The van der Waals surface area contributed by atoms with Gasteiger partial charge < -0.3 is 15.5 Å². The number of benzene rings is 1. The molecule has 1 heterocycles. The summed E-state index contributed by atoms with van der Waals surface area (Å²) in [6.45, 7) is 2.56. The highest BCUT2D eigenvalue weighted by atomic mass is 32.1. The molecule has 2 rings (SSSR count). The van der Waals surface area contributed by atoms with Crippen LogP contribution in [0.3, 0.4) is 0 Å². The number of thiocarbonyl (C=S) groups is 1. The minimum absolute atomic E-state index is 0.00555. The van der Waals surface area contributed by atoms with Gasteiger partial charge in [-0.1, -0.05) is 12.2 Å². The molecule has 0 aromatic heterocycles. The predicted molar refractivity (Wildman–Crippen MR) is 80.0 cm³/mol. The molecule has 1 saturated heterocycles. The Morgan fingerprint density at radius 2 is 1.86 bits per heavy atom. The fourth-order valence-corrected chi connectivity index (χ4v) is 2.36. The van der Waals surface area contributed by atoms with Crippen molar-refractivity contribution in [3.8, 4) is 0 Å². The Hall–Kier alpha value is -2.02. The number of halogens is 1. The van der Waals surface area contributed by atoms with Crippen molar-refractivity contribution >= 4 is 29.0 Å². The first-order valence-corrected chi connectivity index (χ1v) is 6.96. The van der Waals surface area contributed by atoms with E-state index >= 15 is 0 Å². The van der Waals surface area contributed by atoms with Gasteiger partial charge >= 0.3 is 0 Å². The van der Waals surface area contributed by atoms with Crippen molar-refractivity contribution in [1.29, 1.82) is 0 Å². The molecule has 1 aliphatic rings. The lowest BCUT2D eigenvalue weighted by molar-refractivity contribution is -0.150. The van der Waals surface area contributed by atoms with Crippen molar-refractivity contribution in [2.75, 3.05) is 19.6 Å². The molecule has 21 heavy (non-hydrogen) atoms. The average Bonchev–Trinajstić information content (AvgIpc) is 2.41. The summed E-state index contributed by atoms with van der Waals surface area (Å²) in [5.74, 6) is -0.734. The van der Waals surface area contributed by atoms with Crippen LogP contribution in [0.1, 0.15) is 18.1 Å². The van der Waals surface area contributed by atoms with Gasteiger partial charge in [-0.3, -0.25) is 9.59 Å². The average molecular weight is 309 g/mol. The van der Waals surface area contributed by atoms with Crippen LogP contribution in [0.2, 0.25) is 0 Å². The second-order valence-corrected chi connectivity index (χ2v) is 5.31. The van der Waals surface area contributed by atoms with Crippen LogP contribution in [-0.4, -0.2) is 46.2 Å². The van der Waals surface area contributed by atoms with Crippen molar-refractivity contribution in [2.24, 2.45) is 5.73 Å². The summed E-state index contributed by atoms with van der Waals surface area (Å²) < 4.78 is 13.5. The van der Waals surface area contributed by atoms with Gasteiger partial charge in [0.2, 0.25) is 11.8 Å². The molecular weight excluding hydrogens is 293 g/mol. The van der Waals surface area contributed by atoms with Crippen LogP contribution < -0.4 is 5.73 Å². The molecule has 1 aromatic carbocycles. The molecule has 2 amide bonds. The van der Waals surface area contributed by atoms with E-state index in [0.29, 0.717) is 17.7 Å². The number of likely N-dealkylation sites (N-methyl/N-ethyl adjacent to an activating group) is 1. The third kappa shape index (κ3) is 3.55. The van der Waals surface area contributed by atoms with Crippen molar-refractivity contribution in [1.82, 2.24) is 9.80 Å². The van der Waals surface area contributed by atoms with E-state index in [2.05, 4.69) is 0 Å². The van der Waals surface area contributed by atoms with Crippen LogP contribution in [0.5, 0.6) is 0 Å². The summed E-state index contributed by atoms with van der Waals surface area (Å²) in [5, 5.41) is 0. The van der Waals surface area contributed by atoms with Crippen LogP contribution in [0, 0.1) is 5.82 Å². The maximum atomic E-state index is 13.5. The van der Waals surface area contributed by atoms with E-state index in [1.165, 1.54) is 21.9 Å². The van der Waals surface area contributed by atoms with E-state index in [9.17, 15) is 14.0 Å². The number of carbonyl (C=O) groups excluding carboxylic acids is 2. The Labute approximate surface area is 127 Å². The highest BCUT2D eigenvalue weighted by molar-refractivity contribution is 7.80. The number of nitrogens with two attached hydrogens (primary N) is 1. The zero-order chi connectivity index (χ0) is 15.6. The first-order chi connectivity index (χ1) is 9.90. The summed E-state index contributed by atoms with van der Waals surface area (Å²) in [6.07, 6.45) is 0. The van der Waals surface area contributed by atoms with Crippen molar-refractivity contribution < 1.29 is 14.0 Å². The normalized spacial score (nSPS) is 15.5. The fraction of sp³-hybridized carbons (Fsp3) is 0.357. The number of piperazine rings is 1. The zero-order valence-electron chi connectivity index (χ0n) is 11.6. The minimum Gasteiger partial charge on any atom is -0.389 e. The van der Waals surface area contributed by atoms with E-state index in [0.717, 1.165) is 0 Å². The molecule has 0 radical (unpaired) electrons. The Kier molecular flexibility index (Phi) is 4.52. The van der Waals surface area contributed by atoms with E-state index in [1.807, 2.05) is 6.92 Å². The van der Waals surface area contributed by atoms with Crippen molar-refractivity contribution in [3.05, 3.63) is 35.1 Å². The summed E-state index contributed by atoms with van der Waals surface area (Å²) in [4.78, 5) is 26.8. The van der Waals surface area contributed by atoms with Gasteiger partial charge in [0.25, 0.3) is 0 Å². The van der Waals surface area contributed by atoms with Crippen LogP contribution >= 0.6 is 12.2 Å². The fourth-order valence-electron chi connectivity index (χ4n) is 2.24. The third-order valence-corrected chi connectivity index (χ3v) is 3.59. The predicted octanol–water partition coefficient (Wildman–Crippen LogP) is 0.651. The SMILES string of the molecule is CCN1CC(=O)N(Cc2cc(F)cc(C(N)=S)c2)CC1=O. The second-order valence-electron chi connectivity index (χ2n) is 4.87. The van der Waals surface area contributed by atoms with Crippen LogP contribution in [0.15, 0.2) is 18.2 Å². The maximum Gasteiger partial charge on any atom is 0.242 e. The summed E-state index contributed by atoms with van der Waals surface area (Å²) in [5.41, 5.74) is 6.46. The molecule has 0 aliphatic carbocycles. The first kappa shape index (κ1) is 15.4. The van der Waals surface area contributed by atoms with E-state index in [4.69, 9.17) is 18.0 Å². The Bertz CT molecular complexity index is 606. The van der Waals surface area contributed by atoms with E-state index in [-0.39, 0.29) is 36.4 Å². The summed E-state index contributed by atoms with van der Waals surface area (Å²) >= 11 is 4.83. The van der Waals surface area contributed by atoms with Crippen molar-refractivity contribution in [2.45, 2.75) is 13.5 Å². The lowest BCUT2D eigenvalue weighted by Gasteiger charge is -2.33. The number of hydrogen-bond acceptors (Lipinski definition) is 3. The van der Waals surface area contributed by atoms with Crippen molar-refractivity contribution in [3.63, 3.8) is 0 Å². The Morgan fingerprint density at radius 3 is 2.48 bits per heavy atom. The van der Waals surface area contributed by atoms with E-state index < -0.39 is 5.82 Å². The summed E-state index contributed by atoms with van der Waals surface area (Å²) in [7, 11) is 0. The molecule has 5 nitrogen and oxygen atoms in total. The van der Waals surface area contributed by atoms with Gasteiger partial charge in [0, 0.05) is 18.7 Å². The number of rotatable bonds is 4. The number of carbonyl (C=O) groups is 2. The molecule has 0 bridgehead atoms. The largest absolute Gasteiger partial charge is 0.389 e. The van der Waals surface area contributed by atoms with Crippen LogP contribution in [0.4, 0.5) is 4.39 Å².